The van der Waals surface area contributed by atoms with Crippen LogP contribution in [0.2, 0.25) is 0 Å². The predicted octanol–water partition coefficient (Wildman–Crippen LogP) is 9.83. The number of aliphatic hydroxyl groups excluding tert-OH is 8. The van der Waals surface area contributed by atoms with Crippen LogP contribution in [-0.4, -0.2) is 140 Å². The molecule has 2 aliphatic heterocycles. The van der Waals surface area contributed by atoms with E-state index in [1.165, 1.54) is 161 Å². The number of hydrogen-bond donors (Lipinski definition) is 9. The molecule has 14 heteroatoms. The van der Waals surface area contributed by atoms with E-state index in [0.29, 0.717) is 12.8 Å². The quantitative estimate of drug-likeness (QED) is 0.0205. The normalized spacial score (nSPS) is 25.6. The van der Waals surface area contributed by atoms with E-state index in [-0.39, 0.29) is 18.9 Å². The number of allylic oxidation sites excluding steroid dienone is 5. The van der Waals surface area contributed by atoms with Crippen molar-refractivity contribution in [3.8, 4) is 0 Å². The van der Waals surface area contributed by atoms with Gasteiger partial charge in [-0.25, -0.2) is 0 Å². The summed E-state index contributed by atoms with van der Waals surface area (Å²) in [4.78, 5) is 13.2. The van der Waals surface area contributed by atoms with Crippen LogP contribution in [0.15, 0.2) is 36.5 Å². The Morgan fingerprint density at radius 2 is 0.877 bits per heavy atom. The molecular formula is C59H109NO13. The molecule has 14 nitrogen and oxygen atoms in total. The number of hydrogen-bond acceptors (Lipinski definition) is 13. The molecule has 2 heterocycles. The van der Waals surface area contributed by atoms with Gasteiger partial charge in [-0.1, -0.05) is 230 Å². The van der Waals surface area contributed by atoms with Crippen molar-refractivity contribution in [3.05, 3.63) is 36.5 Å². The zero-order valence-corrected chi connectivity index (χ0v) is 45.9. The number of amides is 1. The highest BCUT2D eigenvalue weighted by Crippen LogP contribution is 2.30. The summed E-state index contributed by atoms with van der Waals surface area (Å²) in [5.41, 5.74) is 0. The molecule has 9 N–H and O–H groups in total. The molecule has 2 fully saturated rings. The minimum Gasteiger partial charge on any atom is -0.394 e. The fourth-order valence-electron chi connectivity index (χ4n) is 9.72. The lowest BCUT2D eigenvalue weighted by atomic mass is 9.97. The van der Waals surface area contributed by atoms with Crippen LogP contribution in [0.25, 0.3) is 0 Å². The van der Waals surface area contributed by atoms with E-state index in [9.17, 15) is 45.6 Å². The number of rotatable bonds is 47. The lowest BCUT2D eigenvalue weighted by Crippen LogP contribution is -2.65. The second-order valence-electron chi connectivity index (χ2n) is 21.1. The van der Waals surface area contributed by atoms with Crippen molar-refractivity contribution in [2.24, 2.45) is 0 Å². The fraction of sp³-hybridized carbons (Fsp3) is 0.881. The van der Waals surface area contributed by atoms with Gasteiger partial charge in [-0.2, -0.15) is 0 Å². The van der Waals surface area contributed by atoms with Crippen molar-refractivity contribution < 1.29 is 64.6 Å². The average molecular weight is 1040 g/mol. The van der Waals surface area contributed by atoms with Crippen molar-refractivity contribution >= 4 is 5.91 Å². The molecule has 0 saturated carbocycles. The van der Waals surface area contributed by atoms with E-state index in [1.807, 2.05) is 6.08 Å². The smallest absolute Gasteiger partial charge is 0.220 e. The summed E-state index contributed by atoms with van der Waals surface area (Å²) in [5, 5.41) is 86.9. The first kappa shape index (κ1) is 67.3. The molecule has 12 atom stereocenters. The topological polar surface area (TPSA) is 228 Å². The minimum atomic E-state index is -1.79. The van der Waals surface area contributed by atoms with E-state index in [4.69, 9.17) is 18.9 Å². The number of aliphatic hydroxyl groups is 8. The molecule has 2 aliphatic rings. The first-order chi connectivity index (χ1) is 35.6. The van der Waals surface area contributed by atoms with E-state index in [2.05, 4.69) is 43.5 Å². The second-order valence-corrected chi connectivity index (χ2v) is 21.1. The number of carbonyl (C=O) groups is 1. The molecule has 0 aliphatic carbocycles. The van der Waals surface area contributed by atoms with E-state index in [0.717, 1.165) is 44.9 Å². The van der Waals surface area contributed by atoms with Gasteiger partial charge in [-0.05, 0) is 38.5 Å². The van der Waals surface area contributed by atoms with Crippen molar-refractivity contribution in [2.45, 2.75) is 312 Å². The molecule has 73 heavy (non-hydrogen) atoms. The van der Waals surface area contributed by atoms with Gasteiger partial charge in [0.05, 0.1) is 32.0 Å². The third-order valence-corrected chi connectivity index (χ3v) is 14.6. The van der Waals surface area contributed by atoms with Gasteiger partial charge in [0, 0.05) is 6.42 Å². The molecule has 0 spiro atoms. The molecule has 2 rings (SSSR count). The van der Waals surface area contributed by atoms with Gasteiger partial charge >= 0.3 is 0 Å². The summed E-state index contributed by atoms with van der Waals surface area (Å²) in [5.74, 6) is -0.251. The highest BCUT2D eigenvalue weighted by molar-refractivity contribution is 5.76. The molecule has 428 valence electrons. The summed E-state index contributed by atoms with van der Waals surface area (Å²) in [7, 11) is 0. The van der Waals surface area contributed by atoms with E-state index in [1.54, 1.807) is 6.08 Å². The number of carbonyl (C=O) groups excluding carboxylic acids is 1. The fourth-order valence-corrected chi connectivity index (χ4v) is 9.72. The standard InChI is InChI=1S/C59H109NO13/c1-3-5-7-9-11-13-15-17-18-19-20-21-22-23-24-25-26-27-28-29-30-31-33-35-37-39-41-43-51(64)60-47(48(63)42-40-38-36-34-32-16-14-12-10-8-6-4-2)46-70-58-56(69)54(67)57(50(45-62)72-58)73-59-55(68)53(66)52(65)49(44-61)71-59/h10,12,32,34,40,42,47-50,52-59,61-63,65-69H,3-9,11,13-31,33,35-39,41,43-46H2,1-2H3,(H,60,64)/b12-10+,34-32+,42-40+. The Kier molecular flexibility index (Phi) is 41.7. The van der Waals surface area contributed by atoms with Gasteiger partial charge in [0.2, 0.25) is 5.91 Å². The number of nitrogens with one attached hydrogen (secondary N) is 1. The summed E-state index contributed by atoms with van der Waals surface area (Å²) < 4.78 is 22.7. The number of unbranched alkanes of at least 4 members (excludes halogenated alkanes) is 30. The van der Waals surface area contributed by atoms with Crippen molar-refractivity contribution in [2.75, 3.05) is 19.8 Å². The van der Waals surface area contributed by atoms with Crippen LogP contribution < -0.4 is 5.32 Å². The largest absolute Gasteiger partial charge is 0.394 e. The van der Waals surface area contributed by atoms with Gasteiger partial charge in [-0.15, -0.1) is 0 Å². The summed E-state index contributed by atoms with van der Waals surface area (Å²) in [6.07, 6.45) is 37.8. The van der Waals surface area contributed by atoms with Crippen molar-refractivity contribution in [3.63, 3.8) is 0 Å². The SMILES string of the molecule is CCCC/C=C/CC/C=C/CC/C=C/C(O)C(COC1OC(CO)C(OC2OC(CO)C(O)C(O)C2O)C(O)C1O)NC(=O)CCCCCCCCCCCCCCCCCCCCCCCCCCCCC. The van der Waals surface area contributed by atoms with Crippen molar-refractivity contribution in [1.29, 1.82) is 0 Å². The van der Waals surface area contributed by atoms with Crippen molar-refractivity contribution in [1.82, 2.24) is 5.32 Å². The van der Waals surface area contributed by atoms with Crippen LogP contribution in [0.1, 0.15) is 239 Å². The van der Waals surface area contributed by atoms with Gasteiger partial charge < -0.3 is 65.1 Å². The van der Waals surface area contributed by atoms with Crippen LogP contribution >= 0.6 is 0 Å². The average Bonchev–Trinajstić information content (AvgIpc) is 3.39. The zero-order chi connectivity index (χ0) is 53.2. The highest BCUT2D eigenvalue weighted by atomic mass is 16.7. The summed E-state index contributed by atoms with van der Waals surface area (Å²) in [6.45, 7) is 2.73. The van der Waals surface area contributed by atoms with Gasteiger partial charge in [-0.3, -0.25) is 4.79 Å². The zero-order valence-electron chi connectivity index (χ0n) is 45.9. The molecule has 0 radical (unpaired) electrons. The first-order valence-electron chi connectivity index (χ1n) is 29.7. The Morgan fingerprint density at radius 3 is 1.33 bits per heavy atom. The molecule has 0 aromatic rings. The summed E-state index contributed by atoms with van der Waals surface area (Å²) in [6, 6.07) is -0.934. The van der Waals surface area contributed by atoms with Crippen LogP contribution in [0.4, 0.5) is 0 Å². The predicted molar refractivity (Wildman–Crippen MR) is 291 cm³/mol. The molecule has 0 bridgehead atoms. The van der Waals surface area contributed by atoms with E-state index < -0.39 is 86.8 Å². The van der Waals surface area contributed by atoms with Crippen LogP contribution in [-0.2, 0) is 23.7 Å². The van der Waals surface area contributed by atoms with Crippen LogP contribution in [0.3, 0.4) is 0 Å². The summed E-state index contributed by atoms with van der Waals surface area (Å²) >= 11 is 0. The highest BCUT2D eigenvalue weighted by Gasteiger charge is 2.51. The Morgan fingerprint density at radius 1 is 0.479 bits per heavy atom. The van der Waals surface area contributed by atoms with Crippen LogP contribution in [0, 0.1) is 0 Å². The Balaban J connectivity index is 1.69. The Bertz CT molecular complexity index is 1370. The third kappa shape index (κ3) is 31.3. The maximum absolute atomic E-state index is 13.2. The second kappa shape index (κ2) is 45.3. The monoisotopic (exact) mass is 1040 g/mol. The maximum atomic E-state index is 13.2. The van der Waals surface area contributed by atoms with E-state index >= 15 is 0 Å². The Hall–Kier alpha value is -1.79. The van der Waals surface area contributed by atoms with Crippen LogP contribution in [0.5, 0.6) is 0 Å². The Labute approximate surface area is 442 Å². The van der Waals surface area contributed by atoms with Gasteiger partial charge in [0.1, 0.15) is 48.8 Å². The number of ether oxygens (including phenoxy) is 4. The molecule has 1 amide bonds. The molecule has 2 saturated heterocycles. The maximum Gasteiger partial charge on any atom is 0.220 e. The molecule has 0 aromatic carbocycles. The lowest BCUT2D eigenvalue weighted by molar-refractivity contribution is -0.359. The third-order valence-electron chi connectivity index (χ3n) is 14.6. The minimum absolute atomic E-state index is 0.251. The molecule has 0 aromatic heterocycles. The molecular weight excluding hydrogens is 931 g/mol. The van der Waals surface area contributed by atoms with Gasteiger partial charge in [0.15, 0.2) is 12.6 Å². The lowest BCUT2D eigenvalue weighted by Gasteiger charge is -2.46. The molecule has 12 unspecified atom stereocenters. The first-order valence-corrected chi connectivity index (χ1v) is 29.7. The van der Waals surface area contributed by atoms with Gasteiger partial charge in [0.25, 0.3) is 0 Å².